The summed E-state index contributed by atoms with van der Waals surface area (Å²) in [5, 5.41) is 21.9. The van der Waals surface area contributed by atoms with Crippen molar-refractivity contribution in [1.82, 2.24) is 5.32 Å². The predicted molar refractivity (Wildman–Crippen MR) is 263 cm³/mol. The highest BCUT2D eigenvalue weighted by atomic mass is 31.2. The first kappa shape index (κ1) is 60.4. The topological polar surface area (TPSA) is 169 Å². The van der Waals surface area contributed by atoms with Crippen LogP contribution in [0.2, 0.25) is 0 Å². The number of phosphoric acid groups is 1. The maximum atomic E-state index is 12.3. The molecule has 0 rings (SSSR count). The van der Waals surface area contributed by atoms with Gasteiger partial charge in [0.1, 0.15) is 12.7 Å². The van der Waals surface area contributed by atoms with Gasteiger partial charge in [-0.2, -0.15) is 0 Å². The fourth-order valence-corrected chi connectivity index (χ4v) is 6.95. The van der Waals surface area contributed by atoms with Crippen LogP contribution in [0.4, 0.5) is 0 Å². The molecule has 0 aliphatic rings. The lowest BCUT2D eigenvalue weighted by Gasteiger charge is -2.18. The molecule has 364 valence electrons. The molecule has 0 radical (unpaired) electrons. The van der Waals surface area contributed by atoms with E-state index >= 15 is 0 Å². The van der Waals surface area contributed by atoms with Crippen molar-refractivity contribution in [3.05, 3.63) is 97.2 Å². The van der Waals surface area contributed by atoms with Gasteiger partial charge in [-0.25, -0.2) is 9.36 Å². The maximum absolute atomic E-state index is 12.3. The van der Waals surface area contributed by atoms with Crippen molar-refractivity contribution in [2.75, 3.05) is 19.8 Å². The van der Waals surface area contributed by atoms with E-state index in [0.717, 1.165) is 128 Å². The van der Waals surface area contributed by atoms with Crippen LogP contribution >= 0.6 is 7.82 Å². The SMILES string of the molecule is CC/C=C\C/C=C\C/C=C\C/C=C\C/C=C\CCCCCCCCCC(=O)OCC(O)COP(=O)(O)OCC(NC(=O)CCCCCCCCC/C=C\C/C=C\C/C=C\CC)C(=O)O. The Bertz CT molecular complexity index is 1450. The summed E-state index contributed by atoms with van der Waals surface area (Å²) in [5.74, 6) is -2.41. The van der Waals surface area contributed by atoms with Gasteiger partial charge >= 0.3 is 19.8 Å². The first-order valence-electron chi connectivity index (χ1n) is 24.3. The molecule has 0 saturated carbocycles. The normalized spacial score (nSPS) is 14.4. The van der Waals surface area contributed by atoms with E-state index in [9.17, 15) is 34.1 Å². The predicted octanol–water partition coefficient (Wildman–Crippen LogP) is 13.2. The summed E-state index contributed by atoms with van der Waals surface area (Å²) in [4.78, 5) is 46.1. The summed E-state index contributed by atoms with van der Waals surface area (Å²) >= 11 is 0. The van der Waals surface area contributed by atoms with Crippen molar-refractivity contribution in [3.8, 4) is 0 Å². The van der Waals surface area contributed by atoms with E-state index in [4.69, 9.17) is 13.8 Å². The summed E-state index contributed by atoms with van der Waals surface area (Å²) in [6, 6.07) is -1.56. The van der Waals surface area contributed by atoms with E-state index < -0.39 is 57.6 Å². The molecule has 0 aliphatic heterocycles. The maximum Gasteiger partial charge on any atom is 0.472 e. The number of hydrogen-bond donors (Lipinski definition) is 4. The first-order valence-corrected chi connectivity index (χ1v) is 25.8. The van der Waals surface area contributed by atoms with Crippen molar-refractivity contribution in [2.24, 2.45) is 0 Å². The number of amides is 1. The van der Waals surface area contributed by atoms with Crippen LogP contribution in [-0.4, -0.2) is 64.9 Å². The zero-order valence-corrected chi connectivity index (χ0v) is 40.4. The molecular weight excluding hydrogens is 830 g/mol. The van der Waals surface area contributed by atoms with Crippen LogP contribution in [-0.2, 0) is 32.7 Å². The monoisotopic (exact) mass is 916 g/mol. The lowest BCUT2D eigenvalue weighted by Crippen LogP contribution is -2.43. The Labute approximate surface area is 387 Å². The second-order valence-electron chi connectivity index (χ2n) is 15.9. The lowest BCUT2D eigenvalue weighted by atomic mass is 10.1. The Kier molecular flexibility index (Phi) is 43.4. The molecule has 1 amide bonds. The Morgan fingerprint density at radius 1 is 0.500 bits per heavy atom. The Hall–Kier alpha value is -3.60. The average Bonchev–Trinajstić information content (AvgIpc) is 3.27. The van der Waals surface area contributed by atoms with E-state index in [2.05, 4.69) is 116 Å². The fourth-order valence-electron chi connectivity index (χ4n) is 6.18. The zero-order chi connectivity index (χ0) is 47.0. The molecule has 64 heavy (non-hydrogen) atoms. The number of ether oxygens (including phenoxy) is 1. The molecule has 0 saturated heterocycles. The third-order valence-corrected chi connectivity index (χ3v) is 10.8. The molecule has 12 heteroatoms. The summed E-state index contributed by atoms with van der Waals surface area (Å²) in [7, 11) is -4.77. The fraction of sp³-hybridized carbons (Fsp3) is 0.635. The highest BCUT2D eigenvalue weighted by molar-refractivity contribution is 7.47. The molecule has 3 unspecified atom stereocenters. The molecular formula is C52H86NO10P. The first-order chi connectivity index (χ1) is 31.1. The zero-order valence-electron chi connectivity index (χ0n) is 39.5. The van der Waals surface area contributed by atoms with Gasteiger partial charge in [-0.3, -0.25) is 18.6 Å². The van der Waals surface area contributed by atoms with Gasteiger partial charge in [0.2, 0.25) is 5.91 Å². The minimum atomic E-state index is -4.77. The van der Waals surface area contributed by atoms with Crippen LogP contribution in [0.5, 0.6) is 0 Å². The minimum Gasteiger partial charge on any atom is -0.480 e. The van der Waals surface area contributed by atoms with Crippen LogP contribution in [0, 0.1) is 0 Å². The van der Waals surface area contributed by atoms with Crippen LogP contribution in [0.1, 0.15) is 181 Å². The molecule has 0 spiro atoms. The highest BCUT2D eigenvalue weighted by Crippen LogP contribution is 2.43. The van der Waals surface area contributed by atoms with Crippen molar-refractivity contribution in [1.29, 1.82) is 0 Å². The molecule has 11 nitrogen and oxygen atoms in total. The van der Waals surface area contributed by atoms with Gasteiger partial charge in [0.05, 0.1) is 13.2 Å². The van der Waals surface area contributed by atoms with Gasteiger partial charge in [0, 0.05) is 12.8 Å². The number of nitrogens with one attached hydrogen (secondary N) is 1. The number of hydrogen-bond acceptors (Lipinski definition) is 8. The molecule has 0 aliphatic carbocycles. The number of aliphatic carboxylic acids is 1. The molecule has 0 aromatic rings. The minimum absolute atomic E-state index is 0.129. The van der Waals surface area contributed by atoms with E-state index in [1.807, 2.05) is 0 Å². The van der Waals surface area contributed by atoms with Gasteiger partial charge in [-0.1, -0.05) is 175 Å². The van der Waals surface area contributed by atoms with E-state index in [0.29, 0.717) is 12.8 Å². The largest absolute Gasteiger partial charge is 0.480 e. The van der Waals surface area contributed by atoms with Crippen molar-refractivity contribution in [3.63, 3.8) is 0 Å². The number of aliphatic hydroxyl groups is 1. The van der Waals surface area contributed by atoms with Gasteiger partial charge in [0.15, 0.2) is 6.04 Å². The number of unbranched alkanes of at least 4 members (excludes halogenated alkanes) is 14. The standard InChI is InChI=1S/C52H86NO10P/c1-3-5-7-9-11-13-15-17-19-21-22-23-24-25-26-28-30-32-34-36-38-40-42-44-51(56)61-45-48(54)46-62-64(59,60)63-47-49(52(57)58)53-50(55)43-41-39-37-35-33-31-29-27-20-18-16-14-12-10-8-6-4-2/h5-8,11-14,17-20,22-23,25-26,48-49,54H,3-4,9-10,15-16,21,24,27-47H2,1-2H3,(H,53,55)(H,57,58)(H,59,60)/b7-5-,8-6-,13-11-,14-12-,19-17-,20-18-,23-22-,26-25-. The molecule has 3 atom stereocenters. The Balaban J connectivity index is 3.89. The molecule has 0 bridgehead atoms. The van der Waals surface area contributed by atoms with Crippen LogP contribution < -0.4 is 5.32 Å². The number of rotatable bonds is 44. The third kappa shape index (κ3) is 45.0. The van der Waals surface area contributed by atoms with Crippen LogP contribution in [0.25, 0.3) is 0 Å². The number of phosphoric ester groups is 1. The summed E-state index contributed by atoms with van der Waals surface area (Å²) < 4.78 is 26.9. The quantitative estimate of drug-likeness (QED) is 0.0200. The number of aliphatic hydroxyl groups excluding tert-OH is 1. The number of carbonyl (C=O) groups is 3. The second kappa shape index (κ2) is 45.9. The van der Waals surface area contributed by atoms with E-state index in [1.165, 1.54) is 12.8 Å². The number of allylic oxidation sites excluding steroid dienone is 16. The molecule has 0 aromatic carbocycles. The van der Waals surface area contributed by atoms with Gasteiger partial charge in [0.25, 0.3) is 0 Å². The average molecular weight is 916 g/mol. The second-order valence-corrected chi connectivity index (χ2v) is 17.3. The van der Waals surface area contributed by atoms with Crippen molar-refractivity contribution in [2.45, 2.75) is 193 Å². The smallest absolute Gasteiger partial charge is 0.472 e. The Morgan fingerprint density at radius 3 is 1.28 bits per heavy atom. The summed E-state index contributed by atoms with van der Waals surface area (Å²) in [6.45, 7) is 2.35. The highest BCUT2D eigenvalue weighted by Gasteiger charge is 2.28. The number of carboxylic acid groups (broad SMARTS) is 1. The summed E-state index contributed by atoms with van der Waals surface area (Å²) in [5.41, 5.74) is 0. The van der Waals surface area contributed by atoms with Crippen LogP contribution in [0.3, 0.4) is 0 Å². The van der Waals surface area contributed by atoms with Crippen LogP contribution in [0.15, 0.2) is 97.2 Å². The number of carbonyl (C=O) groups excluding carboxylic acids is 2. The van der Waals surface area contributed by atoms with Gasteiger partial charge in [-0.15, -0.1) is 0 Å². The lowest BCUT2D eigenvalue weighted by molar-refractivity contribution is -0.147. The number of carboxylic acids is 1. The molecule has 0 aromatic heterocycles. The van der Waals surface area contributed by atoms with Gasteiger partial charge in [-0.05, 0) is 89.9 Å². The van der Waals surface area contributed by atoms with E-state index in [1.54, 1.807) is 0 Å². The van der Waals surface area contributed by atoms with E-state index in [-0.39, 0.29) is 12.8 Å². The van der Waals surface area contributed by atoms with Crippen molar-refractivity contribution < 1.29 is 47.8 Å². The molecule has 0 heterocycles. The number of esters is 1. The molecule has 0 fully saturated rings. The summed E-state index contributed by atoms with van der Waals surface area (Å²) in [6.07, 6.45) is 58.5. The third-order valence-electron chi connectivity index (χ3n) is 9.87. The van der Waals surface area contributed by atoms with Crippen molar-refractivity contribution >= 4 is 25.7 Å². The molecule has 4 N–H and O–H groups in total. The Morgan fingerprint density at radius 2 is 0.859 bits per heavy atom. The van der Waals surface area contributed by atoms with Gasteiger partial charge < -0.3 is 25.2 Å².